The fraction of sp³-hybridized carbons (Fsp3) is 0.176. The predicted molar refractivity (Wildman–Crippen MR) is 101 cm³/mol. The fourth-order valence-electron chi connectivity index (χ4n) is 2.10. The van der Waals surface area contributed by atoms with E-state index in [0.717, 1.165) is 15.7 Å². The van der Waals surface area contributed by atoms with E-state index in [4.69, 9.17) is 11.6 Å². The van der Waals surface area contributed by atoms with Crippen LogP contribution < -0.4 is 10.6 Å². The number of anilines is 3. The van der Waals surface area contributed by atoms with Crippen molar-refractivity contribution in [3.63, 3.8) is 0 Å². The first kappa shape index (κ1) is 17.3. The molecule has 0 radical (unpaired) electrons. The van der Waals surface area contributed by atoms with Crippen LogP contribution in [0, 0.1) is 20.8 Å². The van der Waals surface area contributed by atoms with Crippen molar-refractivity contribution in [2.24, 2.45) is 0 Å². The normalized spacial score (nSPS) is 10.6. The Morgan fingerprint density at radius 1 is 1.08 bits per heavy atom. The Morgan fingerprint density at radius 2 is 1.80 bits per heavy atom. The highest BCUT2D eigenvalue weighted by Crippen LogP contribution is 2.23. The molecule has 2 N–H and O–H groups in total. The molecule has 0 aliphatic rings. The maximum Gasteiger partial charge on any atom is 0.259 e. The molecule has 0 fully saturated rings. The van der Waals surface area contributed by atoms with Crippen LogP contribution in [0.1, 0.15) is 26.6 Å². The van der Waals surface area contributed by atoms with E-state index in [1.54, 1.807) is 31.2 Å². The Labute approximate surface area is 154 Å². The predicted octanol–water partition coefficient (Wildman–Crippen LogP) is 4.51. The molecule has 0 spiro atoms. The van der Waals surface area contributed by atoms with Gasteiger partial charge in [-0.1, -0.05) is 11.6 Å². The van der Waals surface area contributed by atoms with Crippen molar-refractivity contribution in [1.29, 1.82) is 0 Å². The van der Waals surface area contributed by atoms with Crippen molar-refractivity contribution >= 4 is 45.6 Å². The van der Waals surface area contributed by atoms with Gasteiger partial charge in [-0.05, 0) is 45.0 Å². The zero-order valence-electron chi connectivity index (χ0n) is 13.9. The maximum absolute atomic E-state index is 12.4. The Kier molecular flexibility index (Phi) is 4.96. The summed E-state index contributed by atoms with van der Waals surface area (Å²) in [5, 5.41) is 7.21. The van der Waals surface area contributed by atoms with Gasteiger partial charge in [-0.2, -0.15) is 0 Å². The third-order valence-corrected chi connectivity index (χ3v) is 4.81. The highest BCUT2D eigenvalue weighted by atomic mass is 35.5. The summed E-state index contributed by atoms with van der Waals surface area (Å²) in [7, 11) is 0. The molecule has 0 aliphatic heterocycles. The minimum Gasteiger partial charge on any atom is -0.322 e. The van der Waals surface area contributed by atoms with Crippen molar-refractivity contribution < 1.29 is 4.79 Å². The summed E-state index contributed by atoms with van der Waals surface area (Å²) >= 11 is 7.38. The number of hydrogen-bond acceptors (Lipinski definition) is 6. The number of carbonyl (C=O) groups is 1. The molecule has 0 saturated heterocycles. The highest BCUT2D eigenvalue weighted by molar-refractivity contribution is 7.15. The van der Waals surface area contributed by atoms with Gasteiger partial charge in [-0.25, -0.2) is 15.0 Å². The van der Waals surface area contributed by atoms with Gasteiger partial charge >= 0.3 is 0 Å². The van der Waals surface area contributed by atoms with Gasteiger partial charge in [-0.15, -0.1) is 11.3 Å². The molecule has 6 nitrogen and oxygen atoms in total. The van der Waals surface area contributed by atoms with Crippen molar-refractivity contribution in [3.8, 4) is 0 Å². The Bertz CT molecular complexity index is 904. The molecule has 3 aromatic rings. The number of benzene rings is 1. The van der Waals surface area contributed by atoms with E-state index in [-0.39, 0.29) is 5.91 Å². The molecule has 128 valence electrons. The standard InChI is InChI=1S/C17H16ClN5OS/c1-9-11(3)25-17(21-9)23-16-19-8-14(10(2)20-16)15(24)22-13-6-4-12(18)5-7-13/h4-8H,1-3H3,(H,22,24)(H,19,20,21,23). The molecule has 0 saturated carbocycles. The van der Waals surface area contributed by atoms with Crippen LogP contribution in [0.4, 0.5) is 16.8 Å². The lowest BCUT2D eigenvalue weighted by Crippen LogP contribution is -2.15. The van der Waals surface area contributed by atoms with Crippen LogP contribution in [0.3, 0.4) is 0 Å². The average molecular weight is 374 g/mol. The van der Waals surface area contributed by atoms with E-state index in [2.05, 4.69) is 25.6 Å². The number of nitrogens with one attached hydrogen (secondary N) is 2. The Morgan fingerprint density at radius 3 is 2.40 bits per heavy atom. The summed E-state index contributed by atoms with van der Waals surface area (Å²) < 4.78 is 0. The molecule has 0 bridgehead atoms. The zero-order chi connectivity index (χ0) is 18.0. The largest absolute Gasteiger partial charge is 0.322 e. The van der Waals surface area contributed by atoms with Crippen molar-refractivity contribution in [2.45, 2.75) is 20.8 Å². The fourth-order valence-corrected chi connectivity index (χ4v) is 3.04. The van der Waals surface area contributed by atoms with E-state index < -0.39 is 0 Å². The highest BCUT2D eigenvalue weighted by Gasteiger charge is 2.13. The second-order valence-electron chi connectivity index (χ2n) is 5.44. The van der Waals surface area contributed by atoms with Gasteiger partial charge in [-0.3, -0.25) is 4.79 Å². The third kappa shape index (κ3) is 4.12. The van der Waals surface area contributed by atoms with E-state index in [9.17, 15) is 4.79 Å². The molecule has 1 amide bonds. The topological polar surface area (TPSA) is 79.8 Å². The van der Waals surface area contributed by atoms with Gasteiger partial charge in [0.15, 0.2) is 5.13 Å². The maximum atomic E-state index is 12.4. The molecule has 25 heavy (non-hydrogen) atoms. The van der Waals surface area contributed by atoms with Gasteiger partial charge in [0, 0.05) is 21.8 Å². The zero-order valence-corrected chi connectivity index (χ0v) is 15.5. The van der Waals surface area contributed by atoms with Gasteiger partial charge in [0.25, 0.3) is 5.91 Å². The quantitative estimate of drug-likeness (QED) is 0.703. The van der Waals surface area contributed by atoms with Crippen molar-refractivity contribution in [3.05, 3.63) is 57.3 Å². The Hall–Kier alpha value is -2.51. The van der Waals surface area contributed by atoms with Crippen LogP contribution in [0.15, 0.2) is 30.5 Å². The monoisotopic (exact) mass is 373 g/mol. The summed E-state index contributed by atoms with van der Waals surface area (Å²) in [6, 6.07) is 6.90. The number of carbonyl (C=O) groups excluding carboxylic acids is 1. The molecule has 0 atom stereocenters. The molecule has 3 rings (SSSR count). The molecule has 1 aromatic carbocycles. The summed E-state index contributed by atoms with van der Waals surface area (Å²) in [6.07, 6.45) is 1.50. The summed E-state index contributed by atoms with van der Waals surface area (Å²) in [5.41, 5.74) is 2.62. The summed E-state index contributed by atoms with van der Waals surface area (Å²) in [5.74, 6) is 0.140. The van der Waals surface area contributed by atoms with Crippen LogP contribution in [-0.2, 0) is 0 Å². The molecule has 0 unspecified atom stereocenters. The second-order valence-corrected chi connectivity index (χ2v) is 7.08. The van der Waals surface area contributed by atoms with Crippen LogP contribution in [0.25, 0.3) is 0 Å². The second kappa shape index (κ2) is 7.16. The summed E-state index contributed by atoms with van der Waals surface area (Å²) in [6.45, 7) is 5.73. The van der Waals surface area contributed by atoms with Gasteiger partial charge < -0.3 is 10.6 Å². The molecule has 2 aromatic heterocycles. The number of hydrogen-bond donors (Lipinski definition) is 2. The third-order valence-electron chi connectivity index (χ3n) is 3.57. The van der Waals surface area contributed by atoms with E-state index in [1.165, 1.54) is 17.5 Å². The van der Waals surface area contributed by atoms with Gasteiger partial charge in [0.2, 0.25) is 5.95 Å². The summed E-state index contributed by atoms with van der Waals surface area (Å²) in [4.78, 5) is 26.5. The molecular formula is C17H16ClN5OS. The number of nitrogens with zero attached hydrogens (tertiary/aromatic N) is 3. The smallest absolute Gasteiger partial charge is 0.259 e. The number of aryl methyl sites for hydroxylation is 3. The number of aromatic nitrogens is 3. The number of thiazole rings is 1. The van der Waals surface area contributed by atoms with E-state index >= 15 is 0 Å². The molecule has 0 aliphatic carbocycles. The first-order valence-corrected chi connectivity index (χ1v) is 8.73. The number of amides is 1. The lowest BCUT2D eigenvalue weighted by Gasteiger charge is -2.08. The van der Waals surface area contributed by atoms with Crippen LogP contribution in [0.2, 0.25) is 5.02 Å². The minimum absolute atomic E-state index is 0.271. The molecular weight excluding hydrogens is 358 g/mol. The van der Waals surface area contributed by atoms with E-state index in [1.807, 2.05) is 13.8 Å². The minimum atomic E-state index is -0.271. The van der Waals surface area contributed by atoms with Crippen LogP contribution >= 0.6 is 22.9 Å². The molecule has 2 heterocycles. The van der Waals surface area contributed by atoms with Gasteiger partial charge in [0.1, 0.15) is 0 Å². The van der Waals surface area contributed by atoms with E-state index in [0.29, 0.717) is 27.9 Å². The Balaban J connectivity index is 1.74. The van der Waals surface area contributed by atoms with Crippen molar-refractivity contribution in [1.82, 2.24) is 15.0 Å². The van der Waals surface area contributed by atoms with Crippen LogP contribution in [0.5, 0.6) is 0 Å². The number of rotatable bonds is 4. The number of halogens is 1. The average Bonchev–Trinajstić information content (AvgIpc) is 2.87. The van der Waals surface area contributed by atoms with Crippen molar-refractivity contribution in [2.75, 3.05) is 10.6 Å². The lowest BCUT2D eigenvalue weighted by atomic mass is 10.2. The molecule has 8 heteroatoms. The first-order valence-electron chi connectivity index (χ1n) is 7.54. The first-order chi connectivity index (χ1) is 11.9. The van der Waals surface area contributed by atoms with Crippen LogP contribution in [-0.4, -0.2) is 20.9 Å². The van der Waals surface area contributed by atoms with Gasteiger partial charge in [0.05, 0.1) is 17.0 Å². The lowest BCUT2D eigenvalue weighted by molar-refractivity contribution is 0.102. The SMILES string of the molecule is Cc1nc(Nc2nc(C)c(C)s2)ncc1C(=O)Nc1ccc(Cl)cc1.